The van der Waals surface area contributed by atoms with Gasteiger partial charge in [-0.1, -0.05) is 39.0 Å². The molecule has 0 radical (unpaired) electrons. The van der Waals surface area contributed by atoms with Crippen LogP contribution in [-0.4, -0.2) is 27.2 Å². The second kappa shape index (κ2) is 8.29. The zero-order chi connectivity index (χ0) is 19.6. The van der Waals surface area contributed by atoms with Crippen LogP contribution in [0.5, 0.6) is 5.88 Å². The van der Waals surface area contributed by atoms with Crippen molar-refractivity contribution < 1.29 is 9.47 Å². The van der Waals surface area contributed by atoms with Gasteiger partial charge in [0.05, 0.1) is 30.0 Å². The van der Waals surface area contributed by atoms with E-state index < -0.39 is 0 Å². The molecule has 4 rings (SSSR count). The fourth-order valence-electron chi connectivity index (χ4n) is 3.72. The highest BCUT2D eigenvalue weighted by atomic mass is 32.1. The van der Waals surface area contributed by atoms with E-state index in [2.05, 4.69) is 36.8 Å². The molecule has 4 heterocycles. The van der Waals surface area contributed by atoms with Crippen molar-refractivity contribution in [2.24, 2.45) is 0 Å². The minimum absolute atomic E-state index is 0.157. The summed E-state index contributed by atoms with van der Waals surface area (Å²) >= 11 is 1.63. The van der Waals surface area contributed by atoms with Crippen molar-refractivity contribution in [2.75, 3.05) is 6.61 Å². The molecule has 3 aromatic rings. The van der Waals surface area contributed by atoms with Gasteiger partial charge in [0.25, 0.3) is 0 Å². The number of pyridine rings is 1. The van der Waals surface area contributed by atoms with E-state index in [0.717, 1.165) is 39.0 Å². The lowest BCUT2D eigenvalue weighted by atomic mass is 9.95. The molecular formula is C22H29N3O2S. The van der Waals surface area contributed by atoms with Gasteiger partial charge in [-0.15, -0.1) is 11.3 Å². The summed E-state index contributed by atoms with van der Waals surface area (Å²) in [5, 5.41) is 1.08. The van der Waals surface area contributed by atoms with Gasteiger partial charge in [0.1, 0.15) is 15.9 Å². The first-order chi connectivity index (χ1) is 13.6. The van der Waals surface area contributed by atoms with Crippen molar-refractivity contribution in [3.8, 4) is 5.88 Å². The molecule has 0 saturated heterocycles. The normalized spacial score (nSPS) is 15.8. The highest BCUT2D eigenvalue weighted by Crippen LogP contribution is 2.38. The fourth-order valence-corrected chi connectivity index (χ4v) is 4.79. The van der Waals surface area contributed by atoms with Crippen LogP contribution in [0.15, 0.2) is 12.4 Å². The molecule has 1 aliphatic heterocycles. The lowest BCUT2D eigenvalue weighted by Crippen LogP contribution is -2.32. The third kappa shape index (κ3) is 4.13. The van der Waals surface area contributed by atoms with E-state index in [9.17, 15) is 0 Å². The topological polar surface area (TPSA) is 57.1 Å². The van der Waals surface area contributed by atoms with Crippen molar-refractivity contribution in [2.45, 2.75) is 77.9 Å². The number of unbranched alkanes of at least 4 members (excludes halogenated alkanes) is 5. The predicted molar refractivity (Wildman–Crippen MR) is 114 cm³/mol. The first-order valence-electron chi connectivity index (χ1n) is 10.4. The molecule has 150 valence electrons. The van der Waals surface area contributed by atoms with Crippen LogP contribution in [0.1, 0.15) is 70.6 Å². The van der Waals surface area contributed by atoms with Crippen LogP contribution in [0.3, 0.4) is 0 Å². The Balaban J connectivity index is 1.53. The van der Waals surface area contributed by atoms with E-state index in [4.69, 9.17) is 14.5 Å². The van der Waals surface area contributed by atoms with Gasteiger partial charge in [0, 0.05) is 17.4 Å². The monoisotopic (exact) mass is 399 g/mol. The molecule has 1 aliphatic rings. The van der Waals surface area contributed by atoms with Gasteiger partial charge in [-0.3, -0.25) is 0 Å². The number of rotatable bonds is 8. The maximum absolute atomic E-state index is 6.02. The zero-order valence-electron chi connectivity index (χ0n) is 17.1. The Morgan fingerprint density at radius 2 is 1.96 bits per heavy atom. The van der Waals surface area contributed by atoms with Gasteiger partial charge < -0.3 is 9.47 Å². The molecule has 0 N–H and O–H groups in total. The molecule has 0 atom stereocenters. The number of hydrogen-bond donors (Lipinski definition) is 0. The van der Waals surface area contributed by atoms with Crippen LogP contribution < -0.4 is 4.74 Å². The Morgan fingerprint density at radius 3 is 2.82 bits per heavy atom. The lowest BCUT2D eigenvalue weighted by molar-refractivity contribution is -0.0411. The quantitative estimate of drug-likeness (QED) is 0.446. The van der Waals surface area contributed by atoms with Gasteiger partial charge >= 0.3 is 0 Å². The van der Waals surface area contributed by atoms with E-state index in [-0.39, 0.29) is 5.60 Å². The number of fused-ring (bicyclic) bond motifs is 4. The van der Waals surface area contributed by atoms with E-state index in [0.29, 0.717) is 19.1 Å². The van der Waals surface area contributed by atoms with Crippen molar-refractivity contribution >= 4 is 31.8 Å². The van der Waals surface area contributed by atoms with E-state index in [1.54, 1.807) is 17.7 Å². The number of ether oxygens (including phenoxy) is 2. The Labute approximate surface area is 170 Å². The Hall–Kier alpha value is -1.79. The molecule has 0 saturated carbocycles. The van der Waals surface area contributed by atoms with Crippen LogP contribution >= 0.6 is 11.3 Å². The molecule has 0 bridgehead atoms. The summed E-state index contributed by atoms with van der Waals surface area (Å²) in [5.41, 5.74) is 3.08. The van der Waals surface area contributed by atoms with Crippen LogP contribution in [0.2, 0.25) is 0 Å². The maximum atomic E-state index is 6.02. The summed E-state index contributed by atoms with van der Waals surface area (Å²) in [6.07, 6.45) is 9.93. The smallest absolute Gasteiger partial charge is 0.234 e. The summed E-state index contributed by atoms with van der Waals surface area (Å²) in [6.45, 7) is 7.79. The van der Waals surface area contributed by atoms with Crippen LogP contribution in [0.4, 0.5) is 0 Å². The van der Waals surface area contributed by atoms with E-state index >= 15 is 0 Å². The van der Waals surface area contributed by atoms with Gasteiger partial charge in [-0.05, 0) is 26.3 Å². The van der Waals surface area contributed by atoms with Crippen molar-refractivity contribution in [3.05, 3.63) is 23.7 Å². The maximum Gasteiger partial charge on any atom is 0.234 e. The van der Waals surface area contributed by atoms with Gasteiger partial charge in [-0.25, -0.2) is 15.0 Å². The molecule has 3 aromatic heterocycles. The van der Waals surface area contributed by atoms with Gasteiger partial charge in [-0.2, -0.15) is 0 Å². The van der Waals surface area contributed by atoms with Gasteiger partial charge in [0.15, 0.2) is 0 Å². The fraction of sp³-hybridized carbons (Fsp3) is 0.591. The standard InChI is InChI=1S/C22H29N3O2S/c1-4-5-6-7-8-9-10-26-20-19-18(23-14-24-20)16-11-15-13-27-22(2,3)12-17(15)25-21(16)28-19/h11,14H,4-10,12-13H2,1-3H3. The summed E-state index contributed by atoms with van der Waals surface area (Å²) < 4.78 is 13.0. The highest BCUT2D eigenvalue weighted by Gasteiger charge is 2.28. The zero-order valence-corrected chi connectivity index (χ0v) is 17.9. The molecule has 0 unspecified atom stereocenters. The Kier molecular flexibility index (Phi) is 5.78. The number of nitrogens with zero attached hydrogens (tertiary/aromatic N) is 3. The van der Waals surface area contributed by atoms with Gasteiger partial charge in [0.2, 0.25) is 5.88 Å². The summed E-state index contributed by atoms with van der Waals surface area (Å²) in [5.74, 6) is 0.691. The first-order valence-corrected chi connectivity index (χ1v) is 11.2. The molecule has 0 aliphatic carbocycles. The summed E-state index contributed by atoms with van der Waals surface area (Å²) in [6, 6.07) is 2.19. The first kappa shape index (κ1) is 19.5. The molecule has 0 amide bonds. The van der Waals surface area contributed by atoms with Crippen LogP contribution in [0, 0.1) is 0 Å². The van der Waals surface area contributed by atoms with Crippen molar-refractivity contribution in [3.63, 3.8) is 0 Å². The molecule has 0 aromatic carbocycles. The van der Waals surface area contributed by atoms with Crippen LogP contribution in [0.25, 0.3) is 20.4 Å². The number of hydrogen-bond acceptors (Lipinski definition) is 6. The number of thiophene rings is 1. The van der Waals surface area contributed by atoms with E-state index in [1.165, 1.54) is 37.7 Å². The Morgan fingerprint density at radius 1 is 1.14 bits per heavy atom. The summed E-state index contributed by atoms with van der Waals surface area (Å²) in [4.78, 5) is 14.9. The largest absolute Gasteiger partial charge is 0.477 e. The van der Waals surface area contributed by atoms with E-state index in [1.807, 2.05) is 0 Å². The molecule has 0 fully saturated rings. The Bertz CT molecular complexity index is 967. The molecule has 28 heavy (non-hydrogen) atoms. The lowest BCUT2D eigenvalue weighted by Gasteiger charge is -2.30. The van der Waals surface area contributed by atoms with Crippen LogP contribution in [-0.2, 0) is 17.8 Å². The molecule has 5 nitrogen and oxygen atoms in total. The molecule has 6 heteroatoms. The summed E-state index contributed by atoms with van der Waals surface area (Å²) in [7, 11) is 0. The van der Waals surface area contributed by atoms with Crippen molar-refractivity contribution in [1.82, 2.24) is 15.0 Å². The van der Waals surface area contributed by atoms with Crippen molar-refractivity contribution in [1.29, 1.82) is 0 Å². The third-order valence-electron chi connectivity index (χ3n) is 5.33. The highest BCUT2D eigenvalue weighted by molar-refractivity contribution is 7.25. The molecular weight excluding hydrogens is 370 g/mol. The molecule has 0 spiro atoms. The second-order valence-electron chi connectivity index (χ2n) is 8.25. The average Bonchev–Trinajstić information content (AvgIpc) is 3.03. The number of aromatic nitrogens is 3. The third-order valence-corrected chi connectivity index (χ3v) is 6.41. The predicted octanol–water partition coefficient (Wildman–Crippen LogP) is 5.83. The second-order valence-corrected chi connectivity index (χ2v) is 9.25. The minimum Gasteiger partial charge on any atom is -0.477 e. The SMILES string of the molecule is CCCCCCCCOc1ncnc2c1sc1nc3c(cc12)COC(C)(C)C3. The minimum atomic E-state index is -0.157. The average molecular weight is 400 g/mol.